The van der Waals surface area contributed by atoms with Gasteiger partial charge in [-0.15, -0.1) is 0 Å². The van der Waals surface area contributed by atoms with Gasteiger partial charge in [0.15, 0.2) is 11.5 Å². The van der Waals surface area contributed by atoms with E-state index >= 15 is 0 Å². The number of fused-ring (bicyclic) bond motifs is 1. The maximum Gasteiger partial charge on any atom is 0.253 e. The Kier molecular flexibility index (Phi) is 5.12. The van der Waals surface area contributed by atoms with Crippen molar-refractivity contribution in [1.82, 2.24) is 10.1 Å². The normalized spacial score (nSPS) is 12.1. The van der Waals surface area contributed by atoms with Crippen LogP contribution in [0.3, 0.4) is 0 Å². The fraction of sp³-hybridized carbons (Fsp3) is 0.273. The average Bonchev–Trinajstić information content (AvgIpc) is 3.32. The molecule has 0 saturated carbocycles. The van der Waals surface area contributed by atoms with Crippen LogP contribution < -0.4 is 14.2 Å². The topological polar surface area (TPSA) is 74.0 Å². The third kappa shape index (κ3) is 4.03. The number of hydrogen-bond acceptors (Lipinski definition) is 6. The summed E-state index contributed by atoms with van der Waals surface area (Å²) in [6, 6.07) is 12.8. The number of rotatable bonds is 6. The number of amides is 1. The van der Waals surface area contributed by atoms with Crippen molar-refractivity contribution in [3.8, 4) is 17.2 Å². The van der Waals surface area contributed by atoms with Crippen LogP contribution in [0, 0.1) is 13.8 Å². The molecule has 2 aromatic carbocycles. The number of aromatic nitrogens is 1. The van der Waals surface area contributed by atoms with E-state index in [0.717, 1.165) is 28.3 Å². The number of aryl methyl sites for hydroxylation is 2. The molecule has 0 saturated heterocycles. The summed E-state index contributed by atoms with van der Waals surface area (Å²) in [5.74, 6) is 2.80. The van der Waals surface area contributed by atoms with E-state index in [1.165, 1.54) is 0 Å². The van der Waals surface area contributed by atoms with Crippen molar-refractivity contribution < 1.29 is 23.5 Å². The monoisotopic (exact) mass is 394 g/mol. The zero-order chi connectivity index (χ0) is 20.4. The van der Waals surface area contributed by atoms with E-state index in [9.17, 15) is 4.79 Å². The van der Waals surface area contributed by atoms with Crippen LogP contribution in [0.5, 0.6) is 17.2 Å². The van der Waals surface area contributed by atoms with Gasteiger partial charge in [-0.25, -0.2) is 0 Å². The second-order valence-corrected chi connectivity index (χ2v) is 6.96. The largest absolute Gasteiger partial charge is 0.489 e. The molecule has 7 heteroatoms. The predicted octanol–water partition coefficient (Wildman–Crippen LogP) is 3.87. The van der Waals surface area contributed by atoms with Crippen LogP contribution in [0.2, 0.25) is 0 Å². The van der Waals surface area contributed by atoms with Crippen LogP contribution in [0.15, 0.2) is 47.0 Å². The fourth-order valence-corrected chi connectivity index (χ4v) is 3.16. The first-order valence-electron chi connectivity index (χ1n) is 9.30. The number of carbonyl (C=O) groups excluding carboxylic acids is 1. The van der Waals surface area contributed by atoms with Gasteiger partial charge in [0.05, 0.1) is 11.3 Å². The molecule has 3 aromatic rings. The summed E-state index contributed by atoms with van der Waals surface area (Å²) in [5.41, 5.74) is 3.33. The van der Waals surface area contributed by atoms with Crippen LogP contribution in [0.4, 0.5) is 0 Å². The second kappa shape index (κ2) is 7.87. The number of nitrogens with zero attached hydrogens (tertiary/aromatic N) is 2. The predicted molar refractivity (Wildman–Crippen MR) is 105 cm³/mol. The summed E-state index contributed by atoms with van der Waals surface area (Å²) < 4.78 is 21.6. The number of ether oxygens (including phenoxy) is 3. The molecule has 4 rings (SSSR count). The van der Waals surface area contributed by atoms with Gasteiger partial charge in [-0.05, 0) is 55.8 Å². The van der Waals surface area contributed by atoms with Crippen molar-refractivity contribution in [1.29, 1.82) is 0 Å². The fourth-order valence-electron chi connectivity index (χ4n) is 3.16. The standard InChI is InChI=1S/C22H22N2O5/c1-14-19(15(2)29-23-14)12-26-18-7-5-17(6-8-18)22(25)24(3)11-16-4-9-20-21(10-16)28-13-27-20/h4-10H,11-13H2,1-3H3. The van der Waals surface area contributed by atoms with Crippen molar-refractivity contribution in [2.45, 2.75) is 27.0 Å². The van der Waals surface area contributed by atoms with Crippen molar-refractivity contribution in [3.05, 3.63) is 70.6 Å². The quantitative estimate of drug-likeness (QED) is 0.632. The van der Waals surface area contributed by atoms with Gasteiger partial charge in [-0.1, -0.05) is 11.2 Å². The molecule has 29 heavy (non-hydrogen) atoms. The third-order valence-corrected chi connectivity index (χ3v) is 4.87. The molecule has 2 heterocycles. The van der Waals surface area contributed by atoms with Gasteiger partial charge in [-0.2, -0.15) is 0 Å². The summed E-state index contributed by atoms with van der Waals surface area (Å²) >= 11 is 0. The van der Waals surface area contributed by atoms with Gasteiger partial charge in [-0.3, -0.25) is 4.79 Å². The van der Waals surface area contributed by atoms with Gasteiger partial charge < -0.3 is 23.6 Å². The Morgan fingerprint density at radius 2 is 1.86 bits per heavy atom. The van der Waals surface area contributed by atoms with E-state index in [1.807, 2.05) is 32.0 Å². The minimum absolute atomic E-state index is 0.0695. The van der Waals surface area contributed by atoms with Crippen molar-refractivity contribution >= 4 is 5.91 Å². The Balaban J connectivity index is 1.37. The molecular formula is C22H22N2O5. The first-order chi connectivity index (χ1) is 14.0. The van der Waals surface area contributed by atoms with Crippen molar-refractivity contribution in [2.24, 2.45) is 0 Å². The molecule has 0 aliphatic carbocycles. The highest BCUT2D eigenvalue weighted by Crippen LogP contribution is 2.32. The van der Waals surface area contributed by atoms with Crippen LogP contribution in [-0.2, 0) is 13.2 Å². The molecule has 0 spiro atoms. The van der Waals surface area contributed by atoms with E-state index < -0.39 is 0 Å². The lowest BCUT2D eigenvalue weighted by Crippen LogP contribution is -2.26. The van der Waals surface area contributed by atoms with Crippen LogP contribution in [0.25, 0.3) is 0 Å². The molecule has 0 N–H and O–H groups in total. The second-order valence-electron chi connectivity index (χ2n) is 6.96. The van der Waals surface area contributed by atoms with Gasteiger partial charge in [0.2, 0.25) is 6.79 Å². The summed E-state index contributed by atoms with van der Waals surface area (Å²) in [7, 11) is 1.77. The van der Waals surface area contributed by atoms with Crippen LogP contribution >= 0.6 is 0 Å². The SMILES string of the molecule is Cc1noc(C)c1COc1ccc(C(=O)N(C)Cc2ccc3c(c2)OCO3)cc1. The maximum absolute atomic E-state index is 12.7. The van der Waals surface area contributed by atoms with Gasteiger partial charge in [0.1, 0.15) is 18.1 Å². The Hall–Kier alpha value is -3.48. The molecule has 1 aromatic heterocycles. The molecule has 150 valence electrons. The molecule has 1 amide bonds. The lowest BCUT2D eigenvalue weighted by atomic mass is 10.1. The lowest BCUT2D eigenvalue weighted by molar-refractivity contribution is 0.0785. The molecule has 7 nitrogen and oxygen atoms in total. The van der Waals surface area contributed by atoms with Gasteiger partial charge in [0, 0.05) is 19.2 Å². The third-order valence-electron chi connectivity index (χ3n) is 4.87. The Labute approximate surface area is 168 Å². The summed E-state index contributed by atoms with van der Waals surface area (Å²) in [6.45, 7) is 4.82. The van der Waals surface area contributed by atoms with E-state index in [0.29, 0.717) is 30.2 Å². The highest BCUT2D eigenvalue weighted by molar-refractivity contribution is 5.94. The highest BCUT2D eigenvalue weighted by atomic mass is 16.7. The molecule has 0 bridgehead atoms. The van der Waals surface area contributed by atoms with Gasteiger partial charge in [0.25, 0.3) is 5.91 Å². The first kappa shape index (κ1) is 18.9. The van der Waals surface area contributed by atoms with Crippen molar-refractivity contribution in [3.63, 3.8) is 0 Å². The smallest absolute Gasteiger partial charge is 0.253 e. The lowest BCUT2D eigenvalue weighted by Gasteiger charge is -2.18. The molecule has 1 aliphatic heterocycles. The minimum atomic E-state index is -0.0695. The molecular weight excluding hydrogens is 372 g/mol. The maximum atomic E-state index is 12.7. The van der Waals surface area contributed by atoms with E-state index in [4.69, 9.17) is 18.7 Å². The molecule has 0 fully saturated rings. The zero-order valence-corrected chi connectivity index (χ0v) is 16.6. The Bertz CT molecular complexity index is 1010. The summed E-state index contributed by atoms with van der Waals surface area (Å²) in [4.78, 5) is 14.4. The molecule has 0 unspecified atom stereocenters. The average molecular weight is 394 g/mol. The Morgan fingerprint density at radius 1 is 1.10 bits per heavy atom. The highest BCUT2D eigenvalue weighted by Gasteiger charge is 2.16. The van der Waals surface area contributed by atoms with E-state index in [-0.39, 0.29) is 12.7 Å². The van der Waals surface area contributed by atoms with E-state index in [1.54, 1.807) is 36.2 Å². The molecule has 0 atom stereocenters. The van der Waals surface area contributed by atoms with Crippen LogP contribution in [-0.4, -0.2) is 29.8 Å². The first-order valence-corrected chi connectivity index (χ1v) is 9.30. The Morgan fingerprint density at radius 3 is 2.59 bits per heavy atom. The molecule has 1 aliphatic rings. The number of hydrogen-bond donors (Lipinski definition) is 0. The van der Waals surface area contributed by atoms with E-state index in [2.05, 4.69) is 5.16 Å². The molecule has 0 radical (unpaired) electrons. The summed E-state index contributed by atoms with van der Waals surface area (Å²) in [6.07, 6.45) is 0. The van der Waals surface area contributed by atoms with Crippen LogP contribution in [0.1, 0.15) is 32.9 Å². The van der Waals surface area contributed by atoms with Crippen molar-refractivity contribution in [2.75, 3.05) is 13.8 Å². The summed E-state index contributed by atoms with van der Waals surface area (Å²) in [5, 5.41) is 3.92. The zero-order valence-electron chi connectivity index (χ0n) is 16.6. The number of carbonyl (C=O) groups is 1. The minimum Gasteiger partial charge on any atom is -0.489 e. The van der Waals surface area contributed by atoms with Gasteiger partial charge >= 0.3 is 0 Å². The number of benzene rings is 2.